The average Bonchev–Trinajstić information content (AvgIpc) is 2.81. The van der Waals surface area contributed by atoms with E-state index >= 15 is 0 Å². The zero-order valence-corrected chi connectivity index (χ0v) is 12.4. The molecule has 0 aliphatic heterocycles. The summed E-state index contributed by atoms with van der Waals surface area (Å²) in [5.74, 6) is 0. The highest BCUT2D eigenvalue weighted by Gasteiger charge is 2.38. The van der Waals surface area contributed by atoms with Crippen molar-refractivity contribution in [2.24, 2.45) is 0 Å². The number of nitrogens with one attached hydrogen (secondary N) is 1. The molecule has 0 amide bonds. The Labute approximate surface area is 126 Å². The molecule has 1 saturated carbocycles. The molecule has 1 fully saturated rings. The molecule has 2 aliphatic carbocycles. The number of rotatable bonds is 4. The van der Waals surface area contributed by atoms with Crippen LogP contribution in [0.5, 0.6) is 0 Å². The number of fused-ring (bicyclic) bond motifs is 3. The van der Waals surface area contributed by atoms with Crippen molar-refractivity contribution in [1.82, 2.24) is 5.32 Å². The van der Waals surface area contributed by atoms with Crippen molar-refractivity contribution in [3.8, 4) is 11.1 Å². The third kappa shape index (κ3) is 2.02. The maximum absolute atomic E-state index is 5.75. The van der Waals surface area contributed by atoms with Gasteiger partial charge in [0.05, 0.1) is 11.6 Å². The Morgan fingerprint density at radius 3 is 2.05 bits per heavy atom. The van der Waals surface area contributed by atoms with Crippen molar-refractivity contribution in [1.29, 1.82) is 0 Å². The Hall–Kier alpha value is -1.64. The summed E-state index contributed by atoms with van der Waals surface area (Å²) in [5.41, 5.74) is 5.58. The third-order valence-corrected chi connectivity index (χ3v) is 5.16. The van der Waals surface area contributed by atoms with Crippen LogP contribution in [-0.2, 0) is 4.74 Å². The molecule has 21 heavy (non-hydrogen) atoms. The lowest BCUT2D eigenvalue weighted by Gasteiger charge is -2.41. The zero-order valence-electron chi connectivity index (χ0n) is 12.4. The minimum atomic E-state index is 0.0620. The van der Waals surface area contributed by atoms with Crippen molar-refractivity contribution in [2.45, 2.75) is 30.9 Å². The number of ether oxygens (including phenoxy) is 1. The molecule has 0 spiro atoms. The van der Waals surface area contributed by atoms with Crippen LogP contribution in [0, 0.1) is 0 Å². The predicted molar refractivity (Wildman–Crippen MR) is 85.3 cm³/mol. The van der Waals surface area contributed by atoms with Crippen molar-refractivity contribution in [2.75, 3.05) is 13.7 Å². The van der Waals surface area contributed by atoms with Crippen LogP contribution in [-0.4, -0.2) is 19.3 Å². The summed E-state index contributed by atoms with van der Waals surface area (Å²) in [6, 6.07) is 17.8. The van der Waals surface area contributed by atoms with Crippen molar-refractivity contribution in [3.05, 3.63) is 59.7 Å². The van der Waals surface area contributed by atoms with Crippen molar-refractivity contribution in [3.63, 3.8) is 0 Å². The highest BCUT2D eigenvalue weighted by molar-refractivity contribution is 5.78. The van der Waals surface area contributed by atoms with Gasteiger partial charge in [0.25, 0.3) is 0 Å². The fraction of sp³-hybridized carbons (Fsp3) is 0.368. The highest BCUT2D eigenvalue weighted by Crippen LogP contribution is 2.44. The average molecular weight is 279 g/mol. The lowest BCUT2D eigenvalue weighted by Crippen LogP contribution is -2.48. The molecule has 4 rings (SSSR count). The van der Waals surface area contributed by atoms with Crippen LogP contribution in [0.25, 0.3) is 11.1 Å². The minimum absolute atomic E-state index is 0.0620. The van der Waals surface area contributed by atoms with Crippen LogP contribution in [0.3, 0.4) is 0 Å². The van der Waals surface area contributed by atoms with E-state index in [1.807, 2.05) is 7.11 Å². The molecule has 0 atom stereocenters. The maximum Gasteiger partial charge on any atom is 0.0802 e. The third-order valence-electron chi connectivity index (χ3n) is 5.16. The second-order valence-electron chi connectivity index (χ2n) is 6.23. The smallest absolute Gasteiger partial charge is 0.0802 e. The molecule has 0 unspecified atom stereocenters. The number of hydrogen-bond donors (Lipinski definition) is 1. The van der Waals surface area contributed by atoms with E-state index in [-0.39, 0.29) is 5.60 Å². The topological polar surface area (TPSA) is 21.3 Å². The first-order valence-corrected chi connectivity index (χ1v) is 7.80. The van der Waals surface area contributed by atoms with Gasteiger partial charge in [-0.2, -0.15) is 0 Å². The van der Waals surface area contributed by atoms with Gasteiger partial charge in [-0.1, -0.05) is 48.5 Å². The molecule has 0 saturated heterocycles. The van der Waals surface area contributed by atoms with E-state index in [1.54, 1.807) is 0 Å². The summed E-state index contributed by atoms with van der Waals surface area (Å²) in [6.07, 6.45) is 3.63. The summed E-state index contributed by atoms with van der Waals surface area (Å²) in [6.45, 7) is 0.927. The first kappa shape index (κ1) is 13.1. The van der Waals surface area contributed by atoms with E-state index in [1.165, 1.54) is 41.5 Å². The van der Waals surface area contributed by atoms with Gasteiger partial charge in [-0.25, -0.2) is 0 Å². The van der Waals surface area contributed by atoms with Gasteiger partial charge in [0.2, 0.25) is 0 Å². The normalized spacial score (nSPS) is 18.9. The molecule has 0 radical (unpaired) electrons. The molecule has 2 aromatic carbocycles. The highest BCUT2D eigenvalue weighted by atomic mass is 16.5. The van der Waals surface area contributed by atoms with E-state index in [2.05, 4.69) is 53.8 Å². The quantitative estimate of drug-likeness (QED) is 0.916. The van der Waals surface area contributed by atoms with E-state index < -0.39 is 0 Å². The fourth-order valence-corrected chi connectivity index (χ4v) is 3.69. The Bertz CT molecular complexity index is 609. The first-order valence-electron chi connectivity index (χ1n) is 7.80. The van der Waals surface area contributed by atoms with Crippen LogP contribution < -0.4 is 5.32 Å². The predicted octanol–water partition coefficient (Wildman–Crippen LogP) is 3.92. The summed E-state index contributed by atoms with van der Waals surface area (Å²) < 4.78 is 5.75. The number of benzene rings is 2. The van der Waals surface area contributed by atoms with E-state index in [9.17, 15) is 0 Å². The molecule has 2 aromatic rings. The molecule has 108 valence electrons. The summed E-state index contributed by atoms with van der Waals surface area (Å²) >= 11 is 0. The molecule has 2 nitrogen and oxygen atoms in total. The largest absolute Gasteiger partial charge is 0.377 e. The number of hydrogen-bond acceptors (Lipinski definition) is 2. The van der Waals surface area contributed by atoms with Gasteiger partial charge < -0.3 is 10.1 Å². The van der Waals surface area contributed by atoms with Gasteiger partial charge in [-0.15, -0.1) is 0 Å². The van der Waals surface area contributed by atoms with Crippen LogP contribution in [0.15, 0.2) is 48.5 Å². The Balaban J connectivity index is 1.65. The SMILES string of the molecule is COC1(CNC2c3ccccc3-c3ccccc32)CCC1. The zero-order chi connectivity index (χ0) is 14.3. The second kappa shape index (κ2) is 4.97. The van der Waals surface area contributed by atoms with Gasteiger partial charge in [0.1, 0.15) is 0 Å². The summed E-state index contributed by atoms with van der Waals surface area (Å²) in [7, 11) is 1.84. The summed E-state index contributed by atoms with van der Waals surface area (Å²) in [5, 5.41) is 3.76. The Kier molecular flexibility index (Phi) is 3.09. The number of methoxy groups -OCH3 is 1. The lowest BCUT2D eigenvalue weighted by atomic mass is 9.79. The molecule has 2 heteroatoms. The van der Waals surface area contributed by atoms with Crippen LogP contribution >= 0.6 is 0 Å². The van der Waals surface area contributed by atoms with Crippen LogP contribution in [0.2, 0.25) is 0 Å². The van der Waals surface area contributed by atoms with Gasteiger partial charge in [-0.3, -0.25) is 0 Å². The molecule has 0 aromatic heterocycles. The lowest BCUT2D eigenvalue weighted by molar-refractivity contribution is -0.0702. The van der Waals surface area contributed by atoms with Crippen molar-refractivity contribution >= 4 is 0 Å². The van der Waals surface area contributed by atoms with Gasteiger partial charge >= 0.3 is 0 Å². The van der Waals surface area contributed by atoms with Crippen LogP contribution in [0.1, 0.15) is 36.4 Å². The minimum Gasteiger partial charge on any atom is -0.377 e. The monoisotopic (exact) mass is 279 g/mol. The molecule has 1 N–H and O–H groups in total. The Morgan fingerprint density at radius 2 is 1.57 bits per heavy atom. The Morgan fingerprint density at radius 1 is 1.00 bits per heavy atom. The van der Waals surface area contributed by atoms with Crippen molar-refractivity contribution < 1.29 is 4.74 Å². The second-order valence-corrected chi connectivity index (χ2v) is 6.23. The molecule has 0 bridgehead atoms. The molecule has 0 heterocycles. The fourth-order valence-electron chi connectivity index (χ4n) is 3.69. The van der Waals surface area contributed by atoms with Gasteiger partial charge in [-0.05, 0) is 41.5 Å². The van der Waals surface area contributed by atoms with E-state index in [4.69, 9.17) is 4.74 Å². The first-order chi connectivity index (χ1) is 10.3. The van der Waals surface area contributed by atoms with Gasteiger partial charge in [0, 0.05) is 13.7 Å². The van der Waals surface area contributed by atoms with Crippen LogP contribution in [0.4, 0.5) is 0 Å². The molecule has 2 aliphatic rings. The standard InChI is InChI=1S/C19H21NO/c1-21-19(11-6-12-19)13-20-18-16-9-4-2-7-14(16)15-8-3-5-10-17(15)18/h2-5,7-10,18,20H,6,11-13H2,1H3. The molecular weight excluding hydrogens is 258 g/mol. The molecular formula is C19H21NO. The van der Waals surface area contributed by atoms with E-state index in [0.29, 0.717) is 6.04 Å². The summed E-state index contributed by atoms with van der Waals surface area (Å²) in [4.78, 5) is 0. The maximum atomic E-state index is 5.75. The van der Waals surface area contributed by atoms with E-state index in [0.717, 1.165) is 6.54 Å². The van der Waals surface area contributed by atoms with Gasteiger partial charge in [0.15, 0.2) is 0 Å².